The number of carbonyl (C=O) groups excluding carboxylic acids is 1. The van der Waals surface area contributed by atoms with Gasteiger partial charge >= 0.3 is 5.97 Å². The molecule has 8 heteroatoms. The first kappa shape index (κ1) is 21.7. The van der Waals surface area contributed by atoms with Crippen LogP contribution in [-0.4, -0.2) is 65.7 Å². The van der Waals surface area contributed by atoms with Crippen molar-refractivity contribution in [3.05, 3.63) is 60.6 Å². The van der Waals surface area contributed by atoms with E-state index in [9.17, 15) is 4.79 Å². The third-order valence-electron chi connectivity index (χ3n) is 5.54. The third-order valence-corrected chi connectivity index (χ3v) is 5.54. The number of aromatic nitrogens is 3. The van der Waals surface area contributed by atoms with Crippen molar-refractivity contribution in [3.8, 4) is 11.4 Å². The molecule has 0 spiro atoms. The number of carbonyl (C=O) groups is 1. The number of anilines is 3. The number of hydrogen-bond donors (Lipinski definition) is 1. The molecule has 1 aromatic carbocycles. The van der Waals surface area contributed by atoms with Crippen molar-refractivity contribution in [3.63, 3.8) is 0 Å². The van der Waals surface area contributed by atoms with Crippen molar-refractivity contribution in [2.24, 2.45) is 0 Å². The lowest BCUT2D eigenvalue weighted by Crippen LogP contribution is -2.48. The molecule has 0 amide bonds. The number of hydrogen-bond acceptors (Lipinski definition) is 8. The summed E-state index contributed by atoms with van der Waals surface area (Å²) in [6.45, 7) is 5.88. The molecule has 0 atom stereocenters. The second-order valence-corrected chi connectivity index (χ2v) is 7.67. The summed E-state index contributed by atoms with van der Waals surface area (Å²) in [4.78, 5) is 29.3. The normalized spacial score (nSPS) is 14.2. The number of methoxy groups -OCH3 is 1. The summed E-state index contributed by atoms with van der Waals surface area (Å²) < 4.78 is 4.76. The Hall–Kier alpha value is -3.52. The first-order valence-corrected chi connectivity index (χ1v) is 10.8. The minimum Gasteiger partial charge on any atom is -0.468 e. The standard InChI is InChI=1S/C24H28N6O2/c1-3-19-16-22(28-24(27-19)18-8-10-25-11-9-18)26-20-4-6-21(7-5-20)30-14-12-29(13-15-30)17-23(31)32-2/h4-11,16H,3,12-15,17H2,1-2H3,(H,26,27,28). The number of rotatable bonds is 7. The maximum absolute atomic E-state index is 11.5. The molecule has 4 rings (SSSR count). The Balaban J connectivity index is 1.42. The smallest absolute Gasteiger partial charge is 0.319 e. The van der Waals surface area contributed by atoms with Crippen LogP contribution in [0.3, 0.4) is 0 Å². The Morgan fingerprint density at radius 2 is 1.75 bits per heavy atom. The molecule has 1 fully saturated rings. The van der Waals surface area contributed by atoms with Crippen LogP contribution < -0.4 is 10.2 Å². The monoisotopic (exact) mass is 432 g/mol. The second-order valence-electron chi connectivity index (χ2n) is 7.67. The second kappa shape index (κ2) is 10.2. The summed E-state index contributed by atoms with van der Waals surface area (Å²) in [5.41, 5.74) is 4.07. The highest BCUT2D eigenvalue weighted by atomic mass is 16.5. The fourth-order valence-corrected chi connectivity index (χ4v) is 3.69. The van der Waals surface area contributed by atoms with E-state index in [0.29, 0.717) is 12.4 Å². The van der Waals surface area contributed by atoms with Crippen molar-refractivity contribution in [2.45, 2.75) is 13.3 Å². The van der Waals surface area contributed by atoms with E-state index in [1.54, 1.807) is 12.4 Å². The highest BCUT2D eigenvalue weighted by molar-refractivity contribution is 5.71. The van der Waals surface area contributed by atoms with E-state index >= 15 is 0 Å². The van der Waals surface area contributed by atoms with Gasteiger partial charge in [0.15, 0.2) is 5.82 Å². The van der Waals surface area contributed by atoms with Gasteiger partial charge in [0.05, 0.1) is 13.7 Å². The van der Waals surface area contributed by atoms with Gasteiger partial charge in [0.1, 0.15) is 5.82 Å². The first-order valence-electron chi connectivity index (χ1n) is 10.8. The van der Waals surface area contributed by atoms with E-state index in [0.717, 1.165) is 55.4 Å². The van der Waals surface area contributed by atoms with Gasteiger partial charge in [0.2, 0.25) is 0 Å². The maximum atomic E-state index is 11.5. The van der Waals surface area contributed by atoms with E-state index in [1.807, 2.05) is 18.2 Å². The molecule has 1 saturated heterocycles. The SMILES string of the molecule is CCc1cc(Nc2ccc(N3CCN(CC(=O)OC)CC3)cc2)nc(-c2ccncc2)n1. The van der Waals surface area contributed by atoms with Crippen molar-refractivity contribution in [1.29, 1.82) is 0 Å². The molecule has 2 aromatic heterocycles. The minimum atomic E-state index is -0.183. The van der Waals surface area contributed by atoms with E-state index in [4.69, 9.17) is 9.72 Å². The van der Waals surface area contributed by atoms with Crippen LogP contribution in [0.2, 0.25) is 0 Å². The molecule has 0 saturated carbocycles. The van der Waals surface area contributed by atoms with Gasteiger partial charge < -0.3 is 15.0 Å². The molecule has 8 nitrogen and oxygen atoms in total. The number of nitrogens with zero attached hydrogens (tertiary/aromatic N) is 5. The fraction of sp³-hybridized carbons (Fsp3) is 0.333. The quantitative estimate of drug-likeness (QED) is 0.570. The topological polar surface area (TPSA) is 83.5 Å². The lowest BCUT2D eigenvalue weighted by Gasteiger charge is -2.35. The van der Waals surface area contributed by atoms with Crippen molar-refractivity contribution in [1.82, 2.24) is 19.9 Å². The Kier molecular flexibility index (Phi) is 6.91. The van der Waals surface area contributed by atoms with Gasteiger partial charge in [0.25, 0.3) is 0 Å². The molecule has 166 valence electrons. The van der Waals surface area contributed by atoms with Crippen molar-refractivity contribution < 1.29 is 9.53 Å². The first-order chi connectivity index (χ1) is 15.6. The highest BCUT2D eigenvalue weighted by Crippen LogP contribution is 2.24. The Bertz CT molecular complexity index is 1030. The summed E-state index contributed by atoms with van der Waals surface area (Å²) in [6.07, 6.45) is 4.33. The van der Waals surface area contributed by atoms with Gasteiger partial charge in [-0.25, -0.2) is 9.97 Å². The van der Waals surface area contributed by atoms with Crippen LogP contribution in [0.5, 0.6) is 0 Å². The van der Waals surface area contributed by atoms with Crippen LogP contribution in [0.1, 0.15) is 12.6 Å². The largest absolute Gasteiger partial charge is 0.468 e. The van der Waals surface area contributed by atoms with Gasteiger partial charge in [-0.1, -0.05) is 6.92 Å². The molecule has 1 aliphatic rings. The minimum absolute atomic E-state index is 0.183. The number of piperazine rings is 1. The van der Waals surface area contributed by atoms with E-state index in [2.05, 4.69) is 56.3 Å². The number of pyridine rings is 1. The average molecular weight is 433 g/mol. The number of ether oxygens (including phenoxy) is 1. The average Bonchev–Trinajstić information content (AvgIpc) is 2.85. The van der Waals surface area contributed by atoms with Crippen molar-refractivity contribution >= 4 is 23.2 Å². The van der Waals surface area contributed by atoms with Gasteiger partial charge in [-0.15, -0.1) is 0 Å². The molecule has 1 N–H and O–H groups in total. The van der Waals surface area contributed by atoms with E-state index in [1.165, 1.54) is 12.8 Å². The Labute approximate surface area is 188 Å². The lowest BCUT2D eigenvalue weighted by molar-refractivity contribution is -0.142. The zero-order chi connectivity index (χ0) is 22.3. The Morgan fingerprint density at radius 3 is 2.41 bits per heavy atom. The number of benzene rings is 1. The fourth-order valence-electron chi connectivity index (χ4n) is 3.69. The number of nitrogens with one attached hydrogen (secondary N) is 1. The summed E-state index contributed by atoms with van der Waals surface area (Å²) in [5, 5.41) is 3.41. The predicted molar refractivity (Wildman–Crippen MR) is 125 cm³/mol. The van der Waals surface area contributed by atoms with Crippen LogP contribution in [0, 0.1) is 0 Å². The van der Waals surface area contributed by atoms with Crippen LogP contribution in [-0.2, 0) is 16.0 Å². The zero-order valence-corrected chi connectivity index (χ0v) is 18.5. The molecule has 0 aliphatic carbocycles. The Morgan fingerprint density at radius 1 is 1.03 bits per heavy atom. The van der Waals surface area contributed by atoms with Crippen LogP contribution >= 0.6 is 0 Å². The number of esters is 1. The zero-order valence-electron chi connectivity index (χ0n) is 18.5. The van der Waals surface area contributed by atoms with Crippen LogP contribution in [0.4, 0.5) is 17.2 Å². The molecule has 3 aromatic rings. The molecule has 32 heavy (non-hydrogen) atoms. The molecular weight excluding hydrogens is 404 g/mol. The molecule has 3 heterocycles. The van der Waals surface area contributed by atoms with E-state index in [-0.39, 0.29) is 5.97 Å². The van der Waals surface area contributed by atoms with Gasteiger partial charge in [0, 0.05) is 67.3 Å². The predicted octanol–water partition coefficient (Wildman–Crippen LogP) is 3.14. The summed E-state index contributed by atoms with van der Waals surface area (Å²) in [6, 6.07) is 14.2. The third kappa shape index (κ3) is 5.39. The van der Waals surface area contributed by atoms with Crippen molar-refractivity contribution in [2.75, 3.05) is 50.1 Å². The van der Waals surface area contributed by atoms with Crippen LogP contribution in [0.15, 0.2) is 54.9 Å². The van der Waals surface area contributed by atoms with E-state index < -0.39 is 0 Å². The summed E-state index contributed by atoms with van der Waals surface area (Å²) in [7, 11) is 1.43. The molecule has 1 aliphatic heterocycles. The lowest BCUT2D eigenvalue weighted by atomic mass is 10.2. The molecule has 0 bridgehead atoms. The van der Waals surface area contributed by atoms with Gasteiger partial charge in [-0.2, -0.15) is 0 Å². The number of aryl methyl sites for hydroxylation is 1. The summed E-state index contributed by atoms with van der Waals surface area (Å²) in [5.74, 6) is 1.28. The highest BCUT2D eigenvalue weighted by Gasteiger charge is 2.19. The van der Waals surface area contributed by atoms with Crippen LogP contribution in [0.25, 0.3) is 11.4 Å². The van der Waals surface area contributed by atoms with Gasteiger partial charge in [-0.3, -0.25) is 14.7 Å². The van der Waals surface area contributed by atoms with Gasteiger partial charge in [-0.05, 0) is 42.8 Å². The molecular formula is C24H28N6O2. The maximum Gasteiger partial charge on any atom is 0.319 e. The summed E-state index contributed by atoms with van der Waals surface area (Å²) >= 11 is 0. The molecule has 0 unspecified atom stereocenters. The molecule has 0 radical (unpaired) electrons.